The highest BCUT2D eigenvalue weighted by molar-refractivity contribution is 5.93. The lowest BCUT2D eigenvalue weighted by molar-refractivity contribution is 0.0628. The monoisotopic (exact) mass is 332 g/mol. The predicted molar refractivity (Wildman–Crippen MR) is 87.3 cm³/mol. The van der Waals surface area contributed by atoms with Crippen LogP contribution in [0.1, 0.15) is 15.9 Å². The van der Waals surface area contributed by atoms with Gasteiger partial charge in [-0.25, -0.2) is 4.39 Å². The number of aryl methyl sites for hydroxylation is 1. The third-order valence-electron chi connectivity index (χ3n) is 4.23. The van der Waals surface area contributed by atoms with Crippen molar-refractivity contribution < 1.29 is 13.9 Å². The maximum Gasteiger partial charge on any atom is 0.257 e. The molecule has 0 aliphatic carbocycles. The standard InChI is InChI=1S/C17H21FN4O2/c1-20-12-14(10-19-20)17(23)22-7-5-21(6-8-22)11-13-3-4-16(24-2)15(18)9-13/h3-4,9-10,12H,5-8,11H2,1-2H3. The van der Waals surface area contributed by atoms with Gasteiger partial charge in [-0.3, -0.25) is 14.4 Å². The van der Waals surface area contributed by atoms with E-state index >= 15 is 0 Å². The van der Waals surface area contributed by atoms with E-state index in [0.29, 0.717) is 25.2 Å². The van der Waals surface area contributed by atoms with Gasteiger partial charge in [-0.15, -0.1) is 0 Å². The van der Waals surface area contributed by atoms with Crippen molar-refractivity contribution in [2.75, 3.05) is 33.3 Å². The summed E-state index contributed by atoms with van der Waals surface area (Å²) in [5.74, 6) is -0.0794. The van der Waals surface area contributed by atoms with Gasteiger partial charge in [-0.1, -0.05) is 6.07 Å². The van der Waals surface area contributed by atoms with Crippen LogP contribution in [0.3, 0.4) is 0 Å². The summed E-state index contributed by atoms with van der Waals surface area (Å²) in [6.07, 6.45) is 3.32. The maximum atomic E-state index is 13.8. The number of piperazine rings is 1. The van der Waals surface area contributed by atoms with Crippen LogP contribution in [0.2, 0.25) is 0 Å². The summed E-state index contributed by atoms with van der Waals surface area (Å²) >= 11 is 0. The van der Waals surface area contributed by atoms with Crippen LogP contribution in [0.4, 0.5) is 4.39 Å². The average Bonchev–Trinajstić information content (AvgIpc) is 3.02. The van der Waals surface area contributed by atoms with Crippen LogP contribution in [0.5, 0.6) is 5.75 Å². The van der Waals surface area contributed by atoms with Crippen molar-refractivity contribution in [2.45, 2.75) is 6.54 Å². The molecule has 2 heterocycles. The molecule has 1 saturated heterocycles. The molecule has 7 heteroatoms. The van der Waals surface area contributed by atoms with E-state index < -0.39 is 0 Å². The number of hydrogen-bond acceptors (Lipinski definition) is 4. The van der Waals surface area contributed by atoms with Crippen LogP contribution < -0.4 is 4.74 Å². The molecule has 1 aromatic carbocycles. The van der Waals surface area contributed by atoms with Crippen LogP contribution in [-0.2, 0) is 13.6 Å². The van der Waals surface area contributed by atoms with E-state index in [0.717, 1.165) is 18.7 Å². The van der Waals surface area contributed by atoms with Crippen LogP contribution in [-0.4, -0.2) is 58.8 Å². The number of halogens is 1. The number of nitrogens with zero attached hydrogens (tertiary/aromatic N) is 4. The van der Waals surface area contributed by atoms with Crippen molar-refractivity contribution in [3.63, 3.8) is 0 Å². The van der Waals surface area contributed by atoms with Crippen LogP contribution in [0, 0.1) is 5.82 Å². The molecular weight excluding hydrogens is 311 g/mol. The molecule has 0 unspecified atom stereocenters. The minimum atomic E-state index is -0.347. The van der Waals surface area contributed by atoms with E-state index in [1.807, 2.05) is 11.0 Å². The molecule has 3 rings (SSSR count). The molecule has 1 aromatic heterocycles. The van der Waals surface area contributed by atoms with E-state index in [9.17, 15) is 9.18 Å². The lowest BCUT2D eigenvalue weighted by atomic mass is 10.1. The van der Waals surface area contributed by atoms with Gasteiger partial charge in [0.2, 0.25) is 0 Å². The van der Waals surface area contributed by atoms with Gasteiger partial charge >= 0.3 is 0 Å². The van der Waals surface area contributed by atoms with E-state index in [2.05, 4.69) is 10.00 Å². The third-order valence-corrected chi connectivity index (χ3v) is 4.23. The number of benzene rings is 1. The Kier molecular flexibility index (Phi) is 4.80. The van der Waals surface area contributed by atoms with Crippen molar-refractivity contribution in [3.8, 4) is 5.75 Å². The first kappa shape index (κ1) is 16.4. The number of ether oxygens (including phenoxy) is 1. The van der Waals surface area contributed by atoms with Crippen molar-refractivity contribution >= 4 is 5.91 Å². The summed E-state index contributed by atoms with van der Waals surface area (Å²) in [7, 11) is 3.25. The van der Waals surface area contributed by atoms with Gasteiger partial charge in [0.25, 0.3) is 5.91 Å². The fraction of sp³-hybridized carbons (Fsp3) is 0.412. The molecular formula is C17H21FN4O2. The third kappa shape index (κ3) is 3.56. The Labute approximate surface area is 140 Å². The van der Waals surface area contributed by atoms with E-state index in [4.69, 9.17) is 4.74 Å². The van der Waals surface area contributed by atoms with Gasteiger partial charge in [-0.2, -0.15) is 5.10 Å². The molecule has 6 nitrogen and oxygen atoms in total. The second-order valence-corrected chi connectivity index (χ2v) is 5.94. The second kappa shape index (κ2) is 7.00. The minimum absolute atomic E-state index is 0.0123. The Morgan fingerprint density at radius 3 is 2.62 bits per heavy atom. The first-order chi connectivity index (χ1) is 11.6. The second-order valence-electron chi connectivity index (χ2n) is 5.94. The summed E-state index contributed by atoms with van der Waals surface area (Å²) in [6, 6.07) is 5.02. The van der Waals surface area contributed by atoms with Crippen molar-refractivity contribution in [1.82, 2.24) is 19.6 Å². The van der Waals surface area contributed by atoms with Gasteiger partial charge < -0.3 is 9.64 Å². The lowest BCUT2D eigenvalue weighted by Gasteiger charge is -2.34. The molecule has 1 fully saturated rings. The van der Waals surface area contributed by atoms with Gasteiger partial charge in [-0.05, 0) is 17.7 Å². The maximum absolute atomic E-state index is 13.8. The zero-order valence-electron chi connectivity index (χ0n) is 13.9. The average molecular weight is 332 g/mol. The van der Waals surface area contributed by atoms with Gasteiger partial charge in [0.15, 0.2) is 11.6 Å². The zero-order chi connectivity index (χ0) is 17.1. The van der Waals surface area contributed by atoms with Crippen LogP contribution in [0.25, 0.3) is 0 Å². The molecule has 0 bridgehead atoms. The number of amides is 1. The summed E-state index contributed by atoms with van der Waals surface area (Å²) in [6.45, 7) is 3.51. The normalized spacial score (nSPS) is 15.5. The Morgan fingerprint density at radius 2 is 2.04 bits per heavy atom. The molecule has 24 heavy (non-hydrogen) atoms. The Bertz CT molecular complexity index is 723. The molecule has 1 aliphatic rings. The number of carbonyl (C=O) groups excluding carboxylic acids is 1. The summed E-state index contributed by atoms with van der Waals surface area (Å²) < 4.78 is 20.3. The molecule has 128 valence electrons. The molecule has 0 N–H and O–H groups in total. The van der Waals surface area contributed by atoms with E-state index in [1.54, 1.807) is 30.2 Å². The highest BCUT2D eigenvalue weighted by Crippen LogP contribution is 2.19. The van der Waals surface area contributed by atoms with Gasteiger partial charge in [0, 0.05) is 46.0 Å². The SMILES string of the molecule is COc1ccc(CN2CCN(C(=O)c3cnn(C)c3)CC2)cc1F. The first-order valence-corrected chi connectivity index (χ1v) is 7.89. The summed E-state index contributed by atoms with van der Waals surface area (Å²) in [4.78, 5) is 16.4. The predicted octanol–water partition coefficient (Wildman–Crippen LogP) is 1.53. The Morgan fingerprint density at radius 1 is 1.29 bits per heavy atom. The molecule has 0 atom stereocenters. The van der Waals surface area contributed by atoms with Gasteiger partial charge in [0.1, 0.15) is 0 Å². The van der Waals surface area contributed by atoms with Crippen molar-refractivity contribution in [3.05, 3.63) is 47.5 Å². The van der Waals surface area contributed by atoms with Crippen LogP contribution >= 0.6 is 0 Å². The quantitative estimate of drug-likeness (QED) is 0.852. The minimum Gasteiger partial charge on any atom is -0.494 e. The first-order valence-electron chi connectivity index (χ1n) is 7.89. The van der Waals surface area contributed by atoms with Crippen molar-refractivity contribution in [1.29, 1.82) is 0 Å². The van der Waals surface area contributed by atoms with Crippen molar-refractivity contribution in [2.24, 2.45) is 7.05 Å². The molecule has 0 saturated carbocycles. The largest absolute Gasteiger partial charge is 0.494 e. The number of hydrogen-bond donors (Lipinski definition) is 0. The highest BCUT2D eigenvalue weighted by Gasteiger charge is 2.23. The van der Waals surface area contributed by atoms with Crippen LogP contribution in [0.15, 0.2) is 30.6 Å². The van der Waals surface area contributed by atoms with E-state index in [-0.39, 0.29) is 17.5 Å². The molecule has 0 radical (unpaired) electrons. The Hall–Kier alpha value is -2.41. The fourth-order valence-electron chi connectivity index (χ4n) is 2.89. The number of carbonyl (C=O) groups is 1. The number of methoxy groups -OCH3 is 1. The molecule has 1 amide bonds. The lowest BCUT2D eigenvalue weighted by Crippen LogP contribution is -2.48. The molecule has 1 aliphatic heterocycles. The smallest absolute Gasteiger partial charge is 0.257 e. The zero-order valence-corrected chi connectivity index (χ0v) is 13.9. The molecule has 2 aromatic rings. The Balaban J connectivity index is 1.55. The number of rotatable bonds is 4. The summed E-state index contributed by atoms with van der Waals surface area (Å²) in [5, 5.41) is 4.04. The summed E-state index contributed by atoms with van der Waals surface area (Å²) in [5.41, 5.74) is 1.52. The van der Waals surface area contributed by atoms with Gasteiger partial charge in [0.05, 0.1) is 18.9 Å². The fourth-order valence-corrected chi connectivity index (χ4v) is 2.89. The highest BCUT2D eigenvalue weighted by atomic mass is 19.1. The molecule has 0 spiro atoms. The van der Waals surface area contributed by atoms with E-state index in [1.165, 1.54) is 13.2 Å². The topological polar surface area (TPSA) is 50.6 Å². The number of aromatic nitrogens is 2.